The van der Waals surface area contributed by atoms with Crippen molar-refractivity contribution in [2.75, 3.05) is 37.7 Å². The van der Waals surface area contributed by atoms with Gasteiger partial charge in [-0.25, -0.2) is 4.98 Å². The summed E-state index contributed by atoms with van der Waals surface area (Å²) in [6.45, 7) is 7.84. The summed E-state index contributed by atoms with van der Waals surface area (Å²) in [5.41, 5.74) is 3.23. The smallest absolute Gasteiger partial charge is 0.252 e. The van der Waals surface area contributed by atoms with Gasteiger partial charge >= 0.3 is 0 Å². The maximum Gasteiger partial charge on any atom is 0.252 e. The van der Waals surface area contributed by atoms with Crippen LogP contribution in [0, 0.1) is 6.92 Å². The van der Waals surface area contributed by atoms with Crippen molar-refractivity contribution in [2.24, 2.45) is 0 Å². The Hall–Kier alpha value is -2.67. The van der Waals surface area contributed by atoms with E-state index in [1.165, 1.54) is 5.56 Å². The minimum Gasteiger partial charge on any atom is -0.368 e. The molecule has 1 unspecified atom stereocenters. The number of aromatic nitrogens is 1. The molecule has 3 fully saturated rings. The highest BCUT2D eigenvalue weighted by Crippen LogP contribution is 2.33. The number of aryl methyl sites for hydroxylation is 1. The topological polar surface area (TPSA) is 66.0 Å². The summed E-state index contributed by atoms with van der Waals surface area (Å²) in [4.78, 5) is 36.3. The van der Waals surface area contributed by atoms with Gasteiger partial charge in [-0.1, -0.05) is 12.1 Å². The summed E-state index contributed by atoms with van der Waals surface area (Å²) in [5.74, 6) is 1.19. The van der Waals surface area contributed by atoms with Crippen LogP contribution in [0.3, 0.4) is 0 Å². The molecule has 0 radical (unpaired) electrons. The fourth-order valence-corrected chi connectivity index (χ4v) is 4.85. The molecule has 2 aliphatic heterocycles. The third kappa shape index (κ3) is 4.31. The molecule has 0 N–H and O–H groups in total. The van der Waals surface area contributed by atoms with Gasteiger partial charge in [-0.2, -0.15) is 0 Å². The minimum absolute atomic E-state index is 0.119. The van der Waals surface area contributed by atoms with Crippen LogP contribution in [0.5, 0.6) is 0 Å². The molecule has 1 aromatic heterocycles. The highest BCUT2D eigenvalue weighted by molar-refractivity contribution is 5.84. The molecule has 0 bridgehead atoms. The maximum atomic E-state index is 13.3. The number of carbonyl (C=O) groups is 2. The second-order valence-corrected chi connectivity index (χ2v) is 9.36. The van der Waals surface area contributed by atoms with Gasteiger partial charge in [0.1, 0.15) is 11.9 Å². The van der Waals surface area contributed by atoms with Crippen LogP contribution < -0.4 is 4.90 Å². The standard InChI is InChI=1S/C25H32N4O3/c1-17-5-6-19-15-20(16-29(21-7-8-21)25(31)23-4-3-13-32-23)24(26-22(19)14-17)28-11-9-27(10-12-28)18(2)30/h5-6,14-15,21,23H,3-4,7-13,16H2,1-2H3. The molecule has 2 amide bonds. The van der Waals surface area contributed by atoms with E-state index in [1.54, 1.807) is 6.92 Å². The molecule has 7 nitrogen and oxygen atoms in total. The van der Waals surface area contributed by atoms with Gasteiger partial charge in [0.2, 0.25) is 5.91 Å². The zero-order valence-electron chi connectivity index (χ0n) is 19.0. The summed E-state index contributed by atoms with van der Waals surface area (Å²) < 4.78 is 5.72. The van der Waals surface area contributed by atoms with Crippen LogP contribution in [0.15, 0.2) is 24.3 Å². The van der Waals surface area contributed by atoms with Crippen LogP contribution in [0.25, 0.3) is 10.9 Å². The number of nitrogens with zero attached hydrogens (tertiary/aromatic N) is 4. The summed E-state index contributed by atoms with van der Waals surface area (Å²) in [6, 6.07) is 8.84. The number of hydrogen-bond acceptors (Lipinski definition) is 5. The van der Waals surface area contributed by atoms with E-state index in [1.807, 2.05) is 9.80 Å². The van der Waals surface area contributed by atoms with Crippen LogP contribution in [0.2, 0.25) is 0 Å². The Morgan fingerprint density at radius 1 is 1.12 bits per heavy atom. The fraction of sp³-hybridized carbons (Fsp3) is 0.560. The number of fused-ring (bicyclic) bond motifs is 1. The molecule has 2 saturated heterocycles. The van der Waals surface area contributed by atoms with Gasteiger partial charge in [0, 0.05) is 63.2 Å². The first-order chi connectivity index (χ1) is 15.5. The first kappa shape index (κ1) is 21.2. The average molecular weight is 437 g/mol. The number of hydrogen-bond donors (Lipinski definition) is 0. The number of carbonyl (C=O) groups excluding carboxylic acids is 2. The first-order valence-corrected chi connectivity index (χ1v) is 11.8. The van der Waals surface area contributed by atoms with Crippen LogP contribution in [-0.2, 0) is 20.9 Å². The van der Waals surface area contributed by atoms with Crippen molar-refractivity contribution in [2.45, 2.75) is 58.2 Å². The lowest BCUT2D eigenvalue weighted by molar-refractivity contribution is -0.142. The highest BCUT2D eigenvalue weighted by atomic mass is 16.5. The van der Waals surface area contributed by atoms with E-state index in [0.717, 1.165) is 61.1 Å². The number of pyridine rings is 1. The molecule has 7 heteroatoms. The van der Waals surface area contributed by atoms with E-state index < -0.39 is 0 Å². The second kappa shape index (κ2) is 8.70. The Bertz CT molecular complexity index is 1020. The normalized spacial score (nSPS) is 21.2. The number of piperazine rings is 1. The van der Waals surface area contributed by atoms with Crippen molar-refractivity contribution in [3.63, 3.8) is 0 Å². The predicted octanol–water partition coefficient (Wildman–Crippen LogP) is 2.88. The summed E-state index contributed by atoms with van der Waals surface area (Å²) in [7, 11) is 0. The van der Waals surface area contributed by atoms with Crippen LogP contribution in [-0.4, -0.2) is 71.5 Å². The Morgan fingerprint density at radius 2 is 1.91 bits per heavy atom. The van der Waals surface area contributed by atoms with Gasteiger partial charge in [0.25, 0.3) is 5.91 Å². The molecule has 2 aromatic rings. The minimum atomic E-state index is -0.297. The third-order valence-corrected chi connectivity index (χ3v) is 6.87. The SMILES string of the molecule is CC(=O)N1CCN(c2nc3cc(C)ccc3cc2CN(C(=O)C2CCCO2)C2CC2)CC1. The van der Waals surface area contributed by atoms with E-state index in [0.29, 0.717) is 32.3 Å². The summed E-state index contributed by atoms with van der Waals surface area (Å²) >= 11 is 0. The molecule has 170 valence electrons. The quantitative estimate of drug-likeness (QED) is 0.721. The molecule has 5 rings (SSSR count). The van der Waals surface area contributed by atoms with Gasteiger partial charge in [-0.05, 0) is 50.3 Å². The number of benzene rings is 1. The van der Waals surface area contributed by atoms with E-state index in [4.69, 9.17) is 9.72 Å². The summed E-state index contributed by atoms with van der Waals surface area (Å²) in [6.07, 6.45) is 3.60. The lowest BCUT2D eigenvalue weighted by Gasteiger charge is -2.36. The van der Waals surface area contributed by atoms with Gasteiger partial charge in [0.15, 0.2) is 0 Å². The highest BCUT2D eigenvalue weighted by Gasteiger charge is 2.38. The lowest BCUT2D eigenvalue weighted by Crippen LogP contribution is -2.49. The average Bonchev–Trinajstić information content (AvgIpc) is 3.49. The van der Waals surface area contributed by atoms with Gasteiger partial charge in [-0.3, -0.25) is 9.59 Å². The van der Waals surface area contributed by atoms with Crippen LogP contribution in [0.1, 0.15) is 43.7 Å². The molecule has 1 saturated carbocycles. The van der Waals surface area contributed by atoms with Gasteiger partial charge in [-0.15, -0.1) is 0 Å². The Kier molecular flexibility index (Phi) is 5.76. The molecule has 1 aromatic carbocycles. The molecule has 0 spiro atoms. The fourth-order valence-electron chi connectivity index (χ4n) is 4.85. The monoisotopic (exact) mass is 436 g/mol. The molecular formula is C25H32N4O3. The van der Waals surface area contributed by atoms with Crippen molar-refractivity contribution in [3.8, 4) is 0 Å². The zero-order valence-corrected chi connectivity index (χ0v) is 19.0. The number of amides is 2. The molecule has 32 heavy (non-hydrogen) atoms. The Morgan fingerprint density at radius 3 is 2.56 bits per heavy atom. The lowest BCUT2D eigenvalue weighted by atomic mass is 10.1. The number of ether oxygens (including phenoxy) is 1. The number of rotatable bonds is 5. The molecule has 3 aliphatic rings. The van der Waals surface area contributed by atoms with Crippen molar-refractivity contribution in [3.05, 3.63) is 35.4 Å². The zero-order chi connectivity index (χ0) is 22.2. The molecule has 1 aliphatic carbocycles. The van der Waals surface area contributed by atoms with Crippen molar-refractivity contribution < 1.29 is 14.3 Å². The second-order valence-electron chi connectivity index (χ2n) is 9.36. The van der Waals surface area contributed by atoms with Gasteiger partial charge in [0.05, 0.1) is 5.52 Å². The third-order valence-electron chi connectivity index (χ3n) is 6.87. The molecule has 1 atom stereocenters. The summed E-state index contributed by atoms with van der Waals surface area (Å²) in [5, 5.41) is 1.09. The Balaban J connectivity index is 1.47. The van der Waals surface area contributed by atoms with E-state index in [2.05, 4.69) is 36.1 Å². The van der Waals surface area contributed by atoms with Crippen molar-refractivity contribution in [1.29, 1.82) is 0 Å². The number of anilines is 1. The van der Waals surface area contributed by atoms with E-state index in [9.17, 15) is 9.59 Å². The Labute approximate surface area is 189 Å². The molecule has 3 heterocycles. The first-order valence-electron chi connectivity index (χ1n) is 11.8. The maximum absolute atomic E-state index is 13.3. The van der Waals surface area contributed by atoms with E-state index >= 15 is 0 Å². The van der Waals surface area contributed by atoms with Crippen molar-refractivity contribution >= 4 is 28.5 Å². The van der Waals surface area contributed by atoms with E-state index in [-0.39, 0.29) is 17.9 Å². The molecular weight excluding hydrogens is 404 g/mol. The largest absolute Gasteiger partial charge is 0.368 e. The van der Waals surface area contributed by atoms with Gasteiger partial charge < -0.3 is 19.4 Å². The predicted molar refractivity (Wildman–Crippen MR) is 123 cm³/mol. The van der Waals surface area contributed by atoms with Crippen molar-refractivity contribution in [1.82, 2.24) is 14.8 Å². The van der Waals surface area contributed by atoms with Crippen LogP contribution >= 0.6 is 0 Å². The van der Waals surface area contributed by atoms with Crippen LogP contribution in [0.4, 0.5) is 5.82 Å².